The molecule has 0 heterocycles. The summed E-state index contributed by atoms with van der Waals surface area (Å²) < 4.78 is 0. The molecule has 0 spiro atoms. The molecule has 0 saturated heterocycles. The quantitative estimate of drug-likeness (QED) is 0.174. The van der Waals surface area contributed by atoms with Crippen molar-refractivity contribution in [3.05, 3.63) is 29.2 Å². The van der Waals surface area contributed by atoms with Gasteiger partial charge in [-0.1, -0.05) is 13.5 Å². The van der Waals surface area contributed by atoms with E-state index in [1.807, 2.05) is 0 Å². The molecule has 5 heteroatoms. The number of hydrogen-bond donors (Lipinski definition) is 2. The molecule has 11 heavy (non-hydrogen) atoms. The Hall–Kier alpha value is -0.853. The van der Waals surface area contributed by atoms with Crippen LogP contribution in [-0.2, 0) is 0 Å². The third-order valence-electron chi connectivity index (χ3n) is 0.837. The van der Waals surface area contributed by atoms with E-state index in [2.05, 4.69) is 23.8 Å². The van der Waals surface area contributed by atoms with Crippen LogP contribution in [0.25, 0.3) is 5.43 Å². The third-order valence-corrected chi connectivity index (χ3v) is 0.837. The van der Waals surface area contributed by atoms with Gasteiger partial charge in [-0.05, 0) is 6.72 Å². The van der Waals surface area contributed by atoms with Gasteiger partial charge in [-0.2, -0.15) is 0 Å². The van der Waals surface area contributed by atoms with Crippen molar-refractivity contribution in [3.8, 4) is 0 Å². The molecule has 0 aromatic heterocycles. The van der Waals surface area contributed by atoms with Gasteiger partial charge in [-0.3, -0.25) is 0 Å². The number of aliphatic hydroxyl groups excluding tert-OH is 2. The summed E-state index contributed by atoms with van der Waals surface area (Å²) in [6.45, 7) is 7.63. The summed E-state index contributed by atoms with van der Waals surface area (Å²) in [6.07, 6.45) is 0. The van der Waals surface area contributed by atoms with Crippen molar-refractivity contribution >= 4 is 6.72 Å². The van der Waals surface area contributed by atoms with E-state index >= 15 is 0 Å². The number of rotatable bonds is 3. The maximum Gasteiger partial charge on any atom is 1.00 e. The second-order valence-corrected chi connectivity index (χ2v) is 1.62. The first-order chi connectivity index (χ1) is 4.59. The van der Waals surface area contributed by atoms with E-state index in [4.69, 9.17) is 10.2 Å². The molecule has 0 rings (SSSR count). The first-order valence-corrected chi connectivity index (χ1v) is 2.54. The summed E-state index contributed by atoms with van der Waals surface area (Å²) in [5.74, 6) is -0.794. The number of aliphatic hydroxyl groups is 2. The van der Waals surface area contributed by atoms with Crippen molar-refractivity contribution in [2.24, 2.45) is 5.10 Å². The summed E-state index contributed by atoms with van der Waals surface area (Å²) in [5, 5.41) is 20.6. The van der Waals surface area contributed by atoms with E-state index in [9.17, 15) is 0 Å². The Balaban J connectivity index is 0. The molecule has 0 fully saturated rings. The summed E-state index contributed by atoms with van der Waals surface area (Å²) >= 11 is 0. The van der Waals surface area contributed by atoms with Crippen LogP contribution in [0.1, 0.15) is 6.92 Å². The number of hydrogen-bond acceptors (Lipinski definition) is 3. The molecule has 0 aliphatic rings. The Kier molecular flexibility index (Phi) is 6.86. The zero-order chi connectivity index (χ0) is 8.15. The average molecular weight is 148 g/mol. The Morgan fingerprint density at radius 2 is 1.91 bits per heavy atom. The second-order valence-electron chi connectivity index (χ2n) is 1.62. The third kappa shape index (κ3) is 4.54. The topological polar surface area (TPSA) is 66.9 Å². The maximum absolute atomic E-state index is 8.87. The van der Waals surface area contributed by atoms with Crippen molar-refractivity contribution in [2.75, 3.05) is 0 Å². The van der Waals surface area contributed by atoms with Gasteiger partial charge in [0.25, 0.3) is 0 Å². The summed E-state index contributed by atoms with van der Waals surface area (Å²) in [7, 11) is 0. The molecule has 0 aromatic rings. The van der Waals surface area contributed by atoms with E-state index in [0.29, 0.717) is 0 Å². The first-order valence-electron chi connectivity index (χ1n) is 2.54. The van der Waals surface area contributed by atoms with Crippen LogP contribution in [-0.4, -0.2) is 16.9 Å². The zero-order valence-electron chi connectivity index (χ0n) is 6.70. The van der Waals surface area contributed by atoms with Crippen molar-refractivity contribution in [2.45, 2.75) is 6.92 Å². The van der Waals surface area contributed by atoms with Gasteiger partial charge in [0.1, 0.15) is 11.5 Å². The van der Waals surface area contributed by atoms with Crippen molar-refractivity contribution < 1.29 is 29.1 Å². The molecule has 0 radical (unpaired) electrons. The van der Waals surface area contributed by atoms with Crippen LogP contribution in [0, 0.1) is 0 Å². The predicted molar refractivity (Wildman–Crippen MR) is 40.0 cm³/mol. The monoisotopic (exact) mass is 148 g/mol. The molecule has 0 saturated carbocycles. The Bertz CT molecular complexity index is 189. The minimum atomic E-state index is -0.426. The smallest absolute Gasteiger partial charge is 0.577 e. The fourth-order valence-corrected chi connectivity index (χ4v) is 0.362. The first kappa shape index (κ1) is 12.8. The molecule has 0 bridgehead atoms. The Labute approximate surface area is 77.5 Å². The van der Waals surface area contributed by atoms with Crippen LogP contribution in [0.5, 0.6) is 0 Å². The minimum absolute atomic E-state index is 0. The largest absolute Gasteiger partial charge is 1.00 e. The van der Waals surface area contributed by atoms with E-state index < -0.39 is 5.76 Å². The average Bonchev–Trinajstić information content (AvgIpc) is 1.87. The fraction of sp³-hybridized carbons (Fsp3) is 0.167. The minimum Gasteiger partial charge on any atom is -0.577 e. The van der Waals surface area contributed by atoms with Gasteiger partial charge in [0.15, 0.2) is 0 Å². The molecule has 0 aromatic carbocycles. The molecular formula is C6H9LiN2O2. The number of nitrogens with zero attached hydrogens (tertiary/aromatic N) is 2. The van der Waals surface area contributed by atoms with Crippen LogP contribution in [0.2, 0.25) is 0 Å². The Morgan fingerprint density at radius 1 is 1.45 bits per heavy atom. The van der Waals surface area contributed by atoms with Gasteiger partial charge in [0.05, 0.1) is 0 Å². The number of allylic oxidation sites excluding steroid dienone is 1. The molecule has 0 amide bonds. The van der Waals surface area contributed by atoms with Gasteiger partial charge in [0.2, 0.25) is 0 Å². The zero-order valence-corrected chi connectivity index (χ0v) is 6.70. The van der Waals surface area contributed by atoms with Crippen LogP contribution >= 0.6 is 0 Å². The van der Waals surface area contributed by atoms with E-state index in [1.165, 1.54) is 6.92 Å². The van der Waals surface area contributed by atoms with E-state index in [0.717, 1.165) is 0 Å². The SMILES string of the molecule is C=N[N-]/C(C)=C(\O)C(=C)O.[Li+]. The van der Waals surface area contributed by atoms with Gasteiger partial charge < -0.3 is 20.7 Å². The van der Waals surface area contributed by atoms with Crippen LogP contribution in [0.4, 0.5) is 0 Å². The van der Waals surface area contributed by atoms with Crippen molar-refractivity contribution in [3.63, 3.8) is 0 Å². The van der Waals surface area contributed by atoms with Gasteiger partial charge in [0, 0.05) is 0 Å². The Morgan fingerprint density at radius 3 is 2.18 bits per heavy atom. The van der Waals surface area contributed by atoms with Crippen molar-refractivity contribution in [1.29, 1.82) is 0 Å². The molecule has 0 aliphatic carbocycles. The summed E-state index contributed by atoms with van der Waals surface area (Å²) in [6, 6.07) is 0. The summed E-state index contributed by atoms with van der Waals surface area (Å²) in [5.41, 5.74) is 3.55. The van der Waals surface area contributed by atoms with Crippen LogP contribution in [0.3, 0.4) is 0 Å². The molecule has 2 N–H and O–H groups in total. The van der Waals surface area contributed by atoms with Gasteiger partial charge >= 0.3 is 18.9 Å². The molecular weight excluding hydrogens is 139 g/mol. The molecule has 4 nitrogen and oxygen atoms in total. The standard InChI is InChI=1S/C6H9N2O2.Li/c1-4(8-7-3)6(10)5(2)9;/h9-10H,2-3H2,1H3;/q-1;+1/b6-4-;. The normalized spacial score (nSPS) is 10.6. The van der Waals surface area contributed by atoms with Gasteiger partial charge in [-0.15, -0.1) is 5.70 Å². The molecule has 0 unspecified atom stereocenters. The van der Waals surface area contributed by atoms with E-state index in [-0.39, 0.29) is 30.3 Å². The van der Waals surface area contributed by atoms with Gasteiger partial charge in [-0.25, -0.2) is 0 Å². The van der Waals surface area contributed by atoms with Crippen molar-refractivity contribution in [1.82, 2.24) is 0 Å². The van der Waals surface area contributed by atoms with E-state index in [1.54, 1.807) is 0 Å². The molecule has 56 valence electrons. The maximum atomic E-state index is 8.87. The fourth-order valence-electron chi connectivity index (χ4n) is 0.362. The molecule has 0 atom stereocenters. The predicted octanol–water partition coefficient (Wildman–Crippen LogP) is -1.16. The molecule has 0 aliphatic heterocycles. The van der Waals surface area contributed by atoms with Crippen LogP contribution < -0.4 is 18.9 Å². The second kappa shape index (κ2) is 5.90. The van der Waals surface area contributed by atoms with Crippen LogP contribution in [0.15, 0.2) is 28.9 Å². The summed E-state index contributed by atoms with van der Waals surface area (Å²) in [4.78, 5) is 0.